The van der Waals surface area contributed by atoms with Crippen molar-refractivity contribution in [1.29, 1.82) is 0 Å². The lowest BCUT2D eigenvalue weighted by molar-refractivity contribution is -0.385. The van der Waals surface area contributed by atoms with Crippen LogP contribution in [0.2, 0.25) is 0 Å². The van der Waals surface area contributed by atoms with Crippen LogP contribution < -0.4 is 5.32 Å². The van der Waals surface area contributed by atoms with E-state index in [4.69, 9.17) is 0 Å². The lowest BCUT2D eigenvalue weighted by Gasteiger charge is -2.11. The number of nitro groups is 1. The first kappa shape index (κ1) is 11.8. The number of nitrogens with zero attached hydrogens (tertiary/aromatic N) is 2. The summed E-state index contributed by atoms with van der Waals surface area (Å²) in [6, 6.07) is 1.62. The van der Waals surface area contributed by atoms with E-state index in [9.17, 15) is 15.2 Å². The Morgan fingerprint density at radius 1 is 1.71 bits per heavy atom. The Hall–Kier alpha value is -1.69. The molecule has 1 atom stereocenters. The van der Waals surface area contributed by atoms with Crippen molar-refractivity contribution in [1.82, 2.24) is 4.98 Å². The second kappa shape index (κ2) is 4.67. The molecule has 2 N–H and O–H groups in total. The molecule has 1 fully saturated rings. The van der Waals surface area contributed by atoms with E-state index in [0.29, 0.717) is 23.8 Å². The minimum absolute atomic E-state index is 0.0123. The highest BCUT2D eigenvalue weighted by Gasteiger charge is 2.29. The van der Waals surface area contributed by atoms with Gasteiger partial charge in [-0.3, -0.25) is 10.1 Å². The van der Waals surface area contributed by atoms with Crippen LogP contribution in [0.15, 0.2) is 12.3 Å². The molecule has 1 heterocycles. The summed E-state index contributed by atoms with van der Waals surface area (Å²) in [6.45, 7) is 2.11. The summed E-state index contributed by atoms with van der Waals surface area (Å²) in [5, 5.41) is 23.3. The third kappa shape index (κ3) is 2.91. The average molecular weight is 237 g/mol. The second-order valence-electron chi connectivity index (χ2n) is 4.40. The summed E-state index contributed by atoms with van der Waals surface area (Å²) in [4.78, 5) is 14.1. The van der Waals surface area contributed by atoms with E-state index in [1.54, 1.807) is 13.0 Å². The average Bonchev–Trinajstić information content (AvgIpc) is 3.09. The fourth-order valence-electron chi connectivity index (χ4n) is 1.69. The quantitative estimate of drug-likeness (QED) is 0.598. The maximum atomic E-state index is 10.6. The highest BCUT2D eigenvalue weighted by molar-refractivity contribution is 5.46. The zero-order valence-corrected chi connectivity index (χ0v) is 9.59. The maximum Gasteiger partial charge on any atom is 0.290 e. The van der Waals surface area contributed by atoms with Gasteiger partial charge >= 0.3 is 0 Å². The van der Waals surface area contributed by atoms with E-state index in [2.05, 4.69) is 10.3 Å². The number of nitrogens with one attached hydrogen (secondary N) is 1. The molecule has 0 radical (unpaired) electrons. The predicted octanol–water partition coefficient (Wildman–Crippen LogP) is 1.48. The van der Waals surface area contributed by atoms with E-state index in [1.807, 2.05) is 0 Å². The van der Waals surface area contributed by atoms with Crippen LogP contribution in [-0.4, -0.2) is 27.7 Å². The minimum atomic E-state index is -0.453. The topological polar surface area (TPSA) is 88.3 Å². The van der Waals surface area contributed by atoms with Gasteiger partial charge in [-0.2, -0.15) is 0 Å². The molecule has 2 rings (SSSR count). The summed E-state index contributed by atoms with van der Waals surface area (Å²) in [6.07, 6.45) is 3.04. The normalized spacial score (nSPS) is 16.6. The summed E-state index contributed by atoms with van der Waals surface area (Å²) in [7, 11) is 0. The minimum Gasteiger partial charge on any atom is -0.391 e. The zero-order chi connectivity index (χ0) is 12.4. The molecule has 0 saturated heterocycles. The first-order chi connectivity index (χ1) is 8.08. The number of aromatic nitrogens is 1. The van der Waals surface area contributed by atoms with Gasteiger partial charge in [0, 0.05) is 12.1 Å². The summed E-state index contributed by atoms with van der Waals surface area (Å²) in [5.74, 6) is 0.967. The third-order valence-corrected chi connectivity index (χ3v) is 2.94. The van der Waals surface area contributed by atoms with E-state index < -0.39 is 4.92 Å². The van der Waals surface area contributed by atoms with Gasteiger partial charge in [0.15, 0.2) is 0 Å². The molecule has 1 aliphatic rings. The smallest absolute Gasteiger partial charge is 0.290 e. The molecule has 1 saturated carbocycles. The molecular weight excluding hydrogens is 222 g/mol. The van der Waals surface area contributed by atoms with Gasteiger partial charge in [0.25, 0.3) is 5.69 Å². The van der Waals surface area contributed by atoms with Gasteiger partial charge in [0.1, 0.15) is 12.0 Å². The van der Waals surface area contributed by atoms with Crippen molar-refractivity contribution >= 4 is 11.5 Å². The van der Waals surface area contributed by atoms with Crippen LogP contribution >= 0.6 is 0 Å². The molecule has 1 unspecified atom stereocenters. The molecular formula is C11H15N3O3. The summed E-state index contributed by atoms with van der Waals surface area (Å²) < 4.78 is 0. The largest absolute Gasteiger partial charge is 0.391 e. The van der Waals surface area contributed by atoms with Crippen molar-refractivity contribution < 1.29 is 10.0 Å². The summed E-state index contributed by atoms with van der Waals surface area (Å²) in [5.41, 5.74) is 0.576. The monoisotopic (exact) mass is 237 g/mol. The van der Waals surface area contributed by atoms with Gasteiger partial charge in [0.05, 0.1) is 11.0 Å². The third-order valence-electron chi connectivity index (χ3n) is 2.94. The number of pyridine rings is 1. The Balaban J connectivity index is 1.97. The van der Waals surface area contributed by atoms with Crippen LogP contribution in [0.1, 0.15) is 18.4 Å². The Morgan fingerprint density at radius 3 is 2.94 bits per heavy atom. The lowest BCUT2D eigenvalue weighted by atomic mass is 10.2. The predicted molar refractivity (Wildman–Crippen MR) is 62.8 cm³/mol. The van der Waals surface area contributed by atoms with E-state index >= 15 is 0 Å². The molecule has 92 valence electrons. The molecule has 17 heavy (non-hydrogen) atoms. The van der Waals surface area contributed by atoms with Gasteiger partial charge in [-0.15, -0.1) is 0 Å². The van der Waals surface area contributed by atoms with Crippen LogP contribution in [0.3, 0.4) is 0 Å². The lowest BCUT2D eigenvalue weighted by Crippen LogP contribution is -2.21. The standard InChI is InChI=1S/C11H15N3O3/c1-7-4-11(12-5-9(7)14(16)17)13-6-10(15)8-2-3-8/h4-5,8,10,15H,2-3,6H2,1H3,(H,12,13). The van der Waals surface area contributed by atoms with Crippen LogP contribution in [0.5, 0.6) is 0 Å². The molecule has 0 aliphatic heterocycles. The van der Waals surface area contributed by atoms with Crippen molar-refractivity contribution in [3.05, 3.63) is 27.9 Å². The SMILES string of the molecule is Cc1cc(NCC(O)C2CC2)ncc1[N+](=O)[O-]. The molecule has 1 aromatic rings. The fourth-order valence-corrected chi connectivity index (χ4v) is 1.69. The molecule has 6 heteroatoms. The van der Waals surface area contributed by atoms with Gasteiger partial charge in [-0.1, -0.05) is 0 Å². The van der Waals surface area contributed by atoms with Crippen molar-refractivity contribution in [3.8, 4) is 0 Å². The molecule has 0 spiro atoms. The number of hydrogen-bond acceptors (Lipinski definition) is 5. The summed E-state index contributed by atoms with van der Waals surface area (Å²) >= 11 is 0. The van der Waals surface area contributed by atoms with Gasteiger partial charge < -0.3 is 10.4 Å². The Labute approximate surface area is 98.8 Å². The molecule has 0 bridgehead atoms. The first-order valence-corrected chi connectivity index (χ1v) is 5.61. The Kier molecular flexibility index (Phi) is 3.23. The number of anilines is 1. The van der Waals surface area contributed by atoms with Crippen molar-refractivity contribution in [2.24, 2.45) is 5.92 Å². The number of rotatable bonds is 5. The van der Waals surface area contributed by atoms with Crippen molar-refractivity contribution in [2.45, 2.75) is 25.9 Å². The fraction of sp³-hybridized carbons (Fsp3) is 0.545. The van der Waals surface area contributed by atoms with Gasteiger partial charge in [0.2, 0.25) is 0 Å². The van der Waals surface area contributed by atoms with Crippen LogP contribution in [0.25, 0.3) is 0 Å². The highest BCUT2D eigenvalue weighted by atomic mass is 16.6. The molecule has 0 amide bonds. The Morgan fingerprint density at radius 2 is 2.41 bits per heavy atom. The van der Waals surface area contributed by atoms with E-state index in [0.717, 1.165) is 12.8 Å². The van der Waals surface area contributed by atoms with E-state index in [1.165, 1.54) is 6.20 Å². The Bertz CT molecular complexity index is 432. The van der Waals surface area contributed by atoms with E-state index in [-0.39, 0.29) is 11.8 Å². The zero-order valence-electron chi connectivity index (χ0n) is 9.59. The van der Waals surface area contributed by atoms with Crippen molar-refractivity contribution in [3.63, 3.8) is 0 Å². The molecule has 1 aliphatic carbocycles. The highest BCUT2D eigenvalue weighted by Crippen LogP contribution is 2.32. The number of aliphatic hydroxyl groups excluding tert-OH is 1. The molecule has 0 aromatic carbocycles. The number of hydrogen-bond donors (Lipinski definition) is 2. The first-order valence-electron chi connectivity index (χ1n) is 5.61. The second-order valence-corrected chi connectivity index (χ2v) is 4.40. The van der Waals surface area contributed by atoms with Crippen molar-refractivity contribution in [2.75, 3.05) is 11.9 Å². The van der Waals surface area contributed by atoms with Gasteiger partial charge in [-0.25, -0.2) is 4.98 Å². The maximum absolute atomic E-state index is 10.6. The van der Waals surface area contributed by atoms with Gasteiger partial charge in [-0.05, 0) is 31.7 Å². The van der Waals surface area contributed by atoms with Crippen LogP contribution in [0, 0.1) is 23.0 Å². The molecule has 1 aromatic heterocycles. The van der Waals surface area contributed by atoms with Crippen LogP contribution in [0.4, 0.5) is 11.5 Å². The van der Waals surface area contributed by atoms with Crippen LogP contribution in [-0.2, 0) is 0 Å². The molecule has 6 nitrogen and oxygen atoms in total. The number of aliphatic hydroxyl groups is 1. The number of aryl methyl sites for hydroxylation is 1.